The lowest BCUT2D eigenvalue weighted by molar-refractivity contribution is -0.890. The van der Waals surface area contributed by atoms with Crippen molar-refractivity contribution in [3.8, 4) is 0 Å². The molecule has 0 aliphatic heterocycles. The van der Waals surface area contributed by atoms with Crippen LogP contribution in [0.3, 0.4) is 0 Å². The van der Waals surface area contributed by atoms with E-state index in [0.29, 0.717) is 0 Å². The van der Waals surface area contributed by atoms with Gasteiger partial charge in [-0.15, -0.1) is 0 Å². The van der Waals surface area contributed by atoms with Gasteiger partial charge in [-0.1, -0.05) is 0 Å². The maximum absolute atomic E-state index is 13.4. The Morgan fingerprint density at radius 1 is 0.885 bits per heavy atom. The van der Waals surface area contributed by atoms with Crippen molar-refractivity contribution in [1.82, 2.24) is 4.72 Å². The van der Waals surface area contributed by atoms with Crippen LogP contribution in [0.25, 0.3) is 0 Å². The summed E-state index contributed by atoms with van der Waals surface area (Å²) in [5.41, 5.74) is 0. The van der Waals surface area contributed by atoms with Crippen LogP contribution in [0.1, 0.15) is 6.42 Å². The molecule has 2 N–H and O–H groups in total. The van der Waals surface area contributed by atoms with E-state index in [9.17, 15) is 47.9 Å². The van der Waals surface area contributed by atoms with Gasteiger partial charge in [0.1, 0.15) is 6.54 Å². The third-order valence-corrected chi connectivity index (χ3v) is 4.91. The summed E-state index contributed by atoms with van der Waals surface area (Å²) in [5.74, 6) is -14.5. The number of rotatable bonds is 10. The Bertz CT molecular complexity index is 576. The van der Waals surface area contributed by atoms with Gasteiger partial charge in [0.05, 0.1) is 27.2 Å². The van der Waals surface area contributed by atoms with Gasteiger partial charge in [-0.3, -0.25) is 0 Å². The van der Waals surface area contributed by atoms with E-state index in [1.807, 2.05) is 0 Å². The van der Waals surface area contributed by atoms with E-state index in [1.165, 1.54) is 0 Å². The first kappa shape index (κ1) is 25.2. The number of likely N-dealkylation sites (N-methyl/N-ethyl adjacent to an activating group) is 1. The van der Waals surface area contributed by atoms with Crippen LogP contribution in [0.5, 0.6) is 0 Å². The quantitative estimate of drug-likeness (QED) is 0.316. The van der Waals surface area contributed by atoms with Crippen molar-refractivity contribution in [2.75, 3.05) is 40.3 Å². The number of nitrogens with zero attached hydrogens (tertiary/aromatic N) is 1. The van der Waals surface area contributed by atoms with Crippen LogP contribution in [-0.2, 0) is 10.0 Å². The molecule has 0 aliphatic rings. The Labute approximate surface area is 143 Å². The highest BCUT2D eigenvalue weighted by atomic mass is 32.2. The number of hydrogen-bond donors (Lipinski definition) is 2. The molecule has 0 fully saturated rings. The summed E-state index contributed by atoms with van der Waals surface area (Å²) >= 11 is 0. The van der Waals surface area contributed by atoms with Crippen LogP contribution in [0.15, 0.2) is 0 Å². The van der Waals surface area contributed by atoms with Crippen molar-refractivity contribution in [1.29, 1.82) is 0 Å². The Kier molecular flexibility index (Phi) is 7.44. The van der Waals surface area contributed by atoms with Gasteiger partial charge >= 0.3 is 23.3 Å². The van der Waals surface area contributed by atoms with Crippen LogP contribution in [0.4, 0.5) is 39.5 Å². The molecular formula is C11H18F9N2O3S+. The van der Waals surface area contributed by atoms with Crippen molar-refractivity contribution in [3.63, 3.8) is 0 Å². The van der Waals surface area contributed by atoms with Crippen molar-refractivity contribution >= 4 is 10.0 Å². The summed E-state index contributed by atoms with van der Waals surface area (Å²) in [6.07, 6.45) is -7.34. The van der Waals surface area contributed by atoms with Gasteiger partial charge in [-0.2, -0.15) is 39.5 Å². The van der Waals surface area contributed by atoms with Gasteiger partial charge in [0, 0.05) is 13.0 Å². The molecule has 158 valence electrons. The molecule has 0 bridgehead atoms. The summed E-state index contributed by atoms with van der Waals surface area (Å²) in [4.78, 5) is 0. The van der Waals surface area contributed by atoms with Gasteiger partial charge in [0.15, 0.2) is 0 Å². The summed E-state index contributed by atoms with van der Waals surface area (Å²) in [7, 11) is -3.45. The SMILES string of the molecule is C[N+](C)(CCO)CCCNS(=O)(=O)C(F)(F)C(F)(F)C(F)(F)C(F)(F)F. The monoisotopic (exact) mass is 429 g/mol. The fourth-order valence-corrected chi connectivity index (χ4v) is 2.78. The van der Waals surface area contributed by atoms with E-state index >= 15 is 0 Å². The van der Waals surface area contributed by atoms with Gasteiger partial charge < -0.3 is 9.59 Å². The molecule has 0 aromatic rings. The lowest BCUT2D eigenvalue weighted by atomic mass is 10.1. The summed E-state index contributed by atoms with van der Waals surface area (Å²) < 4.78 is 138. The average molecular weight is 429 g/mol. The maximum atomic E-state index is 13.4. The zero-order chi connectivity index (χ0) is 21.2. The second-order valence-corrected chi connectivity index (χ2v) is 7.83. The Morgan fingerprint density at radius 2 is 1.35 bits per heavy atom. The van der Waals surface area contributed by atoms with Gasteiger partial charge in [-0.25, -0.2) is 13.1 Å². The van der Waals surface area contributed by atoms with E-state index in [4.69, 9.17) is 5.11 Å². The summed E-state index contributed by atoms with van der Waals surface area (Å²) in [6, 6.07) is 0. The Morgan fingerprint density at radius 3 is 1.73 bits per heavy atom. The molecule has 26 heavy (non-hydrogen) atoms. The highest BCUT2D eigenvalue weighted by Gasteiger charge is 2.85. The predicted molar refractivity (Wildman–Crippen MR) is 71.4 cm³/mol. The van der Waals surface area contributed by atoms with E-state index in [1.54, 1.807) is 14.1 Å². The number of quaternary nitrogens is 1. The molecule has 0 atom stereocenters. The van der Waals surface area contributed by atoms with E-state index in [-0.39, 0.29) is 30.6 Å². The zero-order valence-corrected chi connectivity index (χ0v) is 14.4. The van der Waals surface area contributed by atoms with Crippen molar-refractivity contribution in [2.24, 2.45) is 0 Å². The normalized spacial score (nSPS) is 15.4. The molecule has 15 heteroatoms. The van der Waals surface area contributed by atoms with Crippen LogP contribution < -0.4 is 4.72 Å². The molecule has 0 rings (SSSR count). The minimum atomic E-state index is -7.28. The van der Waals surface area contributed by atoms with Crippen LogP contribution in [0.2, 0.25) is 0 Å². The fourth-order valence-electron chi connectivity index (χ4n) is 1.72. The molecule has 0 heterocycles. The average Bonchev–Trinajstić information content (AvgIpc) is 2.41. The molecule has 0 aromatic heterocycles. The third kappa shape index (κ3) is 4.92. The van der Waals surface area contributed by atoms with Gasteiger partial charge in [-0.05, 0) is 0 Å². The first-order chi connectivity index (χ1) is 11.3. The summed E-state index contributed by atoms with van der Waals surface area (Å²) in [5, 5.41) is 2.03. The second-order valence-electron chi connectivity index (χ2n) is 6.02. The second kappa shape index (κ2) is 7.67. The van der Waals surface area contributed by atoms with Crippen molar-refractivity contribution < 1.29 is 57.5 Å². The van der Waals surface area contributed by atoms with Crippen LogP contribution in [-0.4, -0.2) is 81.6 Å². The topological polar surface area (TPSA) is 66.4 Å². The fraction of sp³-hybridized carbons (Fsp3) is 1.00. The lowest BCUT2D eigenvalue weighted by Crippen LogP contribution is -2.65. The first-order valence-electron chi connectivity index (χ1n) is 6.89. The maximum Gasteiger partial charge on any atom is 0.460 e. The first-order valence-corrected chi connectivity index (χ1v) is 8.37. The summed E-state index contributed by atoms with van der Waals surface area (Å²) in [6.45, 7) is -0.948. The Hall–Kier alpha value is -0.800. The zero-order valence-electron chi connectivity index (χ0n) is 13.6. The molecular weight excluding hydrogens is 411 g/mol. The Balaban J connectivity index is 5.28. The largest absolute Gasteiger partial charge is 0.460 e. The van der Waals surface area contributed by atoms with Crippen molar-refractivity contribution in [3.05, 3.63) is 0 Å². The molecule has 0 saturated heterocycles. The highest BCUT2D eigenvalue weighted by molar-refractivity contribution is 7.90. The molecule has 0 spiro atoms. The number of aliphatic hydroxyl groups is 1. The number of alkyl halides is 9. The molecule has 0 unspecified atom stereocenters. The number of hydrogen-bond acceptors (Lipinski definition) is 3. The molecule has 5 nitrogen and oxygen atoms in total. The van der Waals surface area contributed by atoms with Gasteiger partial charge in [0.25, 0.3) is 10.0 Å². The van der Waals surface area contributed by atoms with E-state index in [2.05, 4.69) is 0 Å². The predicted octanol–water partition coefficient (Wildman–Crippen LogP) is 1.79. The van der Waals surface area contributed by atoms with E-state index in [0.717, 1.165) is 4.72 Å². The van der Waals surface area contributed by atoms with E-state index < -0.39 is 39.8 Å². The molecule has 0 aliphatic carbocycles. The number of nitrogens with one attached hydrogen (secondary N) is 1. The highest BCUT2D eigenvalue weighted by Crippen LogP contribution is 2.54. The standard InChI is InChI=1S/C11H18F9N2O3S/c1-22(2,6-7-23)5-3-4-21-26(24,25)11(19,20)9(14,15)8(12,13)10(16,17)18/h21,23H,3-7H2,1-2H3/q+1. The third-order valence-electron chi connectivity index (χ3n) is 3.39. The number of halogens is 9. The number of aliphatic hydroxyl groups excluding tert-OH is 1. The van der Waals surface area contributed by atoms with Crippen molar-refractivity contribution in [2.45, 2.75) is 29.7 Å². The molecule has 0 radical (unpaired) electrons. The number of sulfonamides is 1. The molecule has 0 saturated carbocycles. The van der Waals surface area contributed by atoms with Crippen LogP contribution in [0, 0.1) is 0 Å². The lowest BCUT2D eigenvalue weighted by Gasteiger charge is -2.33. The van der Waals surface area contributed by atoms with Crippen LogP contribution >= 0.6 is 0 Å². The minimum Gasteiger partial charge on any atom is -0.391 e. The minimum absolute atomic E-state index is 0.0593. The molecule has 0 amide bonds. The smallest absolute Gasteiger partial charge is 0.391 e. The molecule has 0 aromatic carbocycles. The van der Waals surface area contributed by atoms with Gasteiger partial charge in [0.2, 0.25) is 0 Å².